The number of hydrogen-bond acceptors (Lipinski definition) is 5. The fourth-order valence-corrected chi connectivity index (χ4v) is 4.71. The second kappa shape index (κ2) is 15.3. The number of carboxylic acid groups (broad SMARTS) is 1. The third kappa shape index (κ3) is 8.52. The fraction of sp³-hybridized carbons (Fsp3) is 0.229. The van der Waals surface area contributed by atoms with E-state index in [1.165, 1.54) is 11.0 Å². The first-order valence-electron chi connectivity index (χ1n) is 14.3. The van der Waals surface area contributed by atoms with Crippen LogP contribution in [0.3, 0.4) is 0 Å². The summed E-state index contributed by atoms with van der Waals surface area (Å²) in [5, 5.41) is 13.0. The van der Waals surface area contributed by atoms with Gasteiger partial charge in [0, 0.05) is 36.2 Å². The van der Waals surface area contributed by atoms with Crippen molar-refractivity contribution in [3.05, 3.63) is 126 Å². The van der Waals surface area contributed by atoms with E-state index < -0.39 is 17.8 Å². The zero-order valence-electron chi connectivity index (χ0n) is 24.0. The molecule has 0 fully saturated rings. The summed E-state index contributed by atoms with van der Waals surface area (Å²) < 4.78 is 20.2. The second-order valence-electron chi connectivity index (χ2n) is 10.1. The van der Waals surface area contributed by atoms with Gasteiger partial charge >= 0.3 is 5.97 Å². The van der Waals surface area contributed by atoms with Crippen molar-refractivity contribution >= 4 is 29.0 Å². The molecule has 1 amide bonds. The minimum absolute atomic E-state index is 0.134. The predicted octanol–water partition coefficient (Wildman–Crippen LogP) is 6.77. The Kier molecular flexibility index (Phi) is 11.0. The Morgan fingerprint density at radius 1 is 0.884 bits per heavy atom. The lowest BCUT2D eigenvalue weighted by molar-refractivity contribution is -0.137. The van der Waals surface area contributed by atoms with Crippen molar-refractivity contribution in [3.8, 4) is 5.75 Å². The molecular formula is C35H35FN2O5. The van der Waals surface area contributed by atoms with Crippen LogP contribution in [-0.4, -0.2) is 42.0 Å². The third-order valence-electron chi connectivity index (χ3n) is 6.90. The van der Waals surface area contributed by atoms with Crippen molar-refractivity contribution in [2.75, 3.05) is 23.4 Å². The van der Waals surface area contributed by atoms with Gasteiger partial charge in [-0.15, -0.1) is 0 Å². The molecule has 43 heavy (non-hydrogen) atoms. The lowest BCUT2D eigenvalue weighted by Crippen LogP contribution is -2.33. The normalized spacial score (nSPS) is 11.4. The molecule has 0 radical (unpaired) electrons. The minimum Gasteiger partial charge on any atom is -0.494 e. The second-order valence-corrected chi connectivity index (χ2v) is 10.1. The van der Waals surface area contributed by atoms with Gasteiger partial charge in [0.25, 0.3) is 0 Å². The number of benzene rings is 4. The Labute approximate surface area is 250 Å². The van der Waals surface area contributed by atoms with Crippen LogP contribution in [0.15, 0.2) is 103 Å². The van der Waals surface area contributed by atoms with E-state index in [9.17, 15) is 23.9 Å². The number of carbonyl (C=O) groups is 3. The summed E-state index contributed by atoms with van der Waals surface area (Å²) in [4.78, 5) is 39.3. The van der Waals surface area contributed by atoms with Gasteiger partial charge in [0.2, 0.25) is 5.91 Å². The molecule has 4 aromatic carbocycles. The molecule has 2 N–H and O–H groups in total. The van der Waals surface area contributed by atoms with Gasteiger partial charge < -0.3 is 20.1 Å². The highest BCUT2D eigenvalue weighted by molar-refractivity contribution is 6.12. The molecule has 4 aromatic rings. The summed E-state index contributed by atoms with van der Waals surface area (Å²) in [7, 11) is 0. The maximum absolute atomic E-state index is 14.4. The van der Waals surface area contributed by atoms with Crippen LogP contribution in [0.2, 0.25) is 0 Å². The number of aliphatic carboxylic acids is 1. The van der Waals surface area contributed by atoms with Gasteiger partial charge in [-0.3, -0.25) is 9.59 Å². The summed E-state index contributed by atoms with van der Waals surface area (Å²) >= 11 is 0. The van der Waals surface area contributed by atoms with E-state index in [0.29, 0.717) is 55.0 Å². The molecule has 0 aliphatic carbocycles. The van der Waals surface area contributed by atoms with Crippen LogP contribution in [0.1, 0.15) is 47.7 Å². The fourth-order valence-electron chi connectivity index (χ4n) is 4.71. The van der Waals surface area contributed by atoms with Gasteiger partial charge in [0.05, 0.1) is 12.3 Å². The number of hydrogen-bond donors (Lipinski definition) is 2. The topological polar surface area (TPSA) is 95.9 Å². The lowest BCUT2D eigenvalue weighted by atomic mass is 10.00. The minimum atomic E-state index is -1.04. The largest absolute Gasteiger partial charge is 0.494 e. The van der Waals surface area contributed by atoms with E-state index in [1.807, 2.05) is 13.0 Å². The molecule has 0 spiro atoms. The van der Waals surface area contributed by atoms with E-state index in [1.54, 1.807) is 91.0 Å². The van der Waals surface area contributed by atoms with Gasteiger partial charge in [-0.2, -0.15) is 0 Å². The van der Waals surface area contributed by atoms with E-state index in [-0.39, 0.29) is 23.8 Å². The first kappa shape index (κ1) is 31.0. The number of carbonyl (C=O) groups excluding carboxylic acids is 2. The number of rotatable bonds is 15. The Balaban J connectivity index is 1.35. The van der Waals surface area contributed by atoms with Crippen LogP contribution < -0.4 is 15.0 Å². The first-order valence-corrected chi connectivity index (χ1v) is 14.3. The number of ketones is 1. The number of amides is 1. The summed E-state index contributed by atoms with van der Waals surface area (Å²) in [5.74, 6) is -1.21. The van der Waals surface area contributed by atoms with E-state index in [0.717, 1.165) is 5.56 Å². The number of anilines is 2. The molecule has 0 unspecified atom stereocenters. The molecule has 0 bridgehead atoms. The highest BCUT2D eigenvalue weighted by atomic mass is 19.1. The Morgan fingerprint density at radius 3 is 2.26 bits per heavy atom. The molecule has 4 rings (SSSR count). The quantitative estimate of drug-likeness (QED) is 0.119. The van der Waals surface area contributed by atoms with E-state index >= 15 is 0 Å². The Bertz CT molecular complexity index is 1530. The lowest BCUT2D eigenvalue weighted by Gasteiger charge is -2.23. The standard InChI is InChI=1S/C35H35FN2O5/c1-2-11-33(39)38(32-17-9-7-15-29(32)36)22-10-23-43-27-20-18-25(19-21-27)24-31(35(41)42)37-30-16-8-6-14-28(30)34(40)26-12-4-3-5-13-26/h3-9,12-21,31,37H,2,10-11,22-24H2,1H3,(H,41,42)/t31-/m0/s1. The molecule has 0 saturated heterocycles. The van der Waals surface area contributed by atoms with Crippen molar-refractivity contribution in [2.24, 2.45) is 0 Å². The van der Waals surface area contributed by atoms with Crippen molar-refractivity contribution < 1.29 is 28.6 Å². The molecular weight excluding hydrogens is 547 g/mol. The predicted molar refractivity (Wildman–Crippen MR) is 165 cm³/mol. The van der Waals surface area contributed by atoms with Crippen LogP contribution in [-0.2, 0) is 16.0 Å². The zero-order valence-corrected chi connectivity index (χ0v) is 24.0. The van der Waals surface area contributed by atoms with Crippen LogP contribution >= 0.6 is 0 Å². The van der Waals surface area contributed by atoms with E-state index in [2.05, 4.69) is 5.32 Å². The van der Waals surface area contributed by atoms with Gasteiger partial charge in [-0.25, -0.2) is 9.18 Å². The summed E-state index contributed by atoms with van der Waals surface area (Å²) in [6.07, 6.45) is 1.68. The van der Waals surface area contributed by atoms with E-state index in [4.69, 9.17) is 4.74 Å². The average Bonchev–Trinajstić information content (AvgIpc) is 3.02. The number of ether oxygens (including phenoxy) is 1. The first-order chi connectivity index (χ1) is 20.9. The molecule has 222 valence electrons. The molecule has 0 saturated carbocycles. The summed E-state index contributed by atoms with van der Waals surface area (Å²) in [5.41, 5.74) is 2.40. The molecule has 0 aromatic heterocycles. The van der Waals surface area contributed by atoms with Crippen LogP contribution in [0.5, 0.6) is 5.75 Å². The molecule has 8 heteroatoms. The van der Waals surface area contributed by atoms with Gasteiger partial charge in [0.15, 0.2) is 5.78 Å². The Hall–Kier alpha value is -4.98. The monoisotopic (exact) mass is 582 g/mol. The molecule has 0 aliphatic rings. The van der Waals surface area contributed by atoms with Gasteiger partial charge in [0.1, 0.15) is 17.6 Å². The zero-order chi connectivity index (χ0) is 30.6. The molecule has 1 atom stereocenters. The maximum atomic E-state index is 14.4. The van der Waals surface area contributed by atoms with Gasteiger partial charge in [-0.05, 0) is 54.8 Å². The molecule has 7 nitrogen and oxygen atoms in total. The SMILES string of the molecule is CCCC(=O)N(CCCOc1ccc(C[C@H](Nc2ccccc2C(=O)c2ccccc2)C(=O)O)cc1)c1ccccc1F. The van der Waals surface area contributed by atoms with Crippen molar-refractivity contribution in [1.29, 1.82) is 0 Å². The number of halogens is 1. The number of nitrogens with zero attached hydrogens (tertiary/aromatic N) is 1. The van der Waals surface area contributed by atoms with Crippen LogP contribution in [0.4, 0.5) is 15.8 Å². The number of para-hydroxylation sites is 2. The third-order valence-corrected chi connectivity index (χ3v) is 6.90. The summed E-state index contributed by atoms with van der Waals surface area (Å²) in [6, 6.07) is 28.1. The smallest absolute Gasteiger partial charge is 0.326 e. The maximum Gasteiger partial charge on any atom is 0.326 e. The summed E-state index contributed by atoms with van der Waals surface area (Å²) in [6.45, 7) is 2.54. The van der Waals surface area contributed by atoms with Crippen molar-refractivity contribution in [3.63, 3.8) is 0 Å². The highest BCUT2D eigenvalue weighted by Crippen LogP contribution is 2.23. The molecule has 0 heterocycles. The van der Waals surface area contributed by atoms with Crippen LogP contribution in [0, 0.1) is 5.82 Å². The highest BCUT2D eigenvalue weighted by Gasteiger charge is 2.22. The van der Waals surface area contributed by atoms with Crippen LogP contribution in [0.25, 0.3) is 0 Å². The number of nitrogens with one attached hydrogen (secondary N) is 1. The number of carboxylic acids is 1. The van der Waals surface area contributed by atoms with Gasteiger partial charge in [-0.1, -0.05) is 73.7 Å². The van der Waals surface area contributed by atoms with Crippen molar-refractivity contribution in [2.45, 2.75) is 38.6 Å². The molecule has 0 aliphatic heterocycles. The Morgan fingerprint density at radius 2 is 1.56 bits per heavy atom. The van der Waals surface area contributed by atoms with Crippen molar-refractivity contribution in [1.82, 2.24) is 0 Å². The average molecular weight is 583 g/mol.